The lowest BCUT2D eigenvalue weighted by Crippen LogP contribution is -2.47. The van der Waals surface area contributed by atoms with Crippen molar-refractivity contribution in [3.05, 3.63) is 59.7 Å². The van der Waals surface area contributed by atoms with E-state index in [1.807, 2.05) is 19.9 Å². The van der Waals surface area contributed by atoms with Crippen molar-refractivity contribution in [1.82, 2.24) is 4.90 Å². The van der Waals surface area contributed by atoms with Gasteiger partial charge in [0.05, 0.1) is 24.2 Å². The minimum absolute atomic E-state index is 0.0238. The van der Waals surface area contributed by atoms with Crippen molar-refractivity contribution < 1.29 is 17.9 Å². The number of benzene rings is 2. The summed E-state index contributed by atoms with van der Waals surface area (Å²) >= 11 is 0. The molecule has 2 aromatic rings. The Kier molecular flexibility index (Phi) is 5.29. The second-order valence-corrected chi connectivity index (χ2v) is 8.10. The van der Waals surface area contributed by atoms with Crippen LogP contribution in [0.15, 0.2) is 53.4 Å². The number of carbonyl (C=O) groups is 1. The summed E-state index contributed by atoms with van der Waals surface area (Å²) in [4.78, 5) is 14.6. The van der Waals surface area contributed by atoms with Crippen molar-refractivity contribution in [2.24, 2.45) is 0 Å². The number of ether oxygens (including phenoxy) is 1. The summed E-state index contributed by atoms with van der Waals surface area (Å²) in [6.45, 7) is 5.40. The minimum atomic E-state index is -3.66. The number of nitrogens with one attached hydrogen (secondary N) is 1. The summed E-state index contributed by atoms with van der Waals surface area (Å²) in [5.74, 6) is -0.0751. The third kappa shape index (κ3) is 4.05. The Labute approximate surface area is 153 Å². The van der Waals surface area contributed by atoms with Crippen LogP contribution in [0, 0.1) is 6.92 Å². The third-order valence-corrected chi connectivity index (χ3v) is 5.69. The predicted molar refractivity (Wildman–Crippen MR) is 99.7 cm³/mol. The first kappa shape index (κ1) is 18.4. The van der Waals surface area contributed by atoms with Gasteiger partial charge in [-0.15, -0.1) is 0 Å². The van der Waals surface area contributed by atoms with Crippen LogP contribution in [0.1, 0.15) is 22.8 Å². The van der Waals surface area contributed by atoms with Crippen LogP contribution >= 0.6 is 0 Å². The molecule has 1 N–H and O–H groups in total. The maximum atomic E-state index is 12.6. The molecule has 1 fully saturated rings. The second-order valence-electron chi connectivity index (χ2n) is 6.42. The lowest BCUT2D eigenvalue weighted by atomic mass is 10.1. The molecular formula is C19H22N2O4S. The number of rotatable bonds is 4. The molecule has 0 bridgehead atoms. The largest absolute Gasteiger partial charge is 0.377 e. The van der Waals surface area contributed by atoms with Crippen molar-refractivity contribution >= 4 is 21.6 Å². The monoisotopic (exact) mass is 374 g/mol. The van der Waals surface area contributed by atoms with Gasteiger partial charge in [-0.2, -0.15) is 0 Å². The second kappa shape index (κ2) is 7.47. The van der Waals surface area contributed by atoms with E-state index in [0.29, 0.717) is 31.0 Å². The Morgan fingerprint density at radius 2 is 1.92 bits per heavy atom. The first-order valence-electron chi connectivity index (χ1n) is 8.45. The molecule has 1 aliphatic heterocycles. The Bertz CT molecular complexity index is 894. The van der Waals surface area contributed by atoms with Crippen LogP contribution in [0.25, 0.3) is 0 Å². The molecule has 0 radical (unpaired) electrons. The van der Waals surface area contributed by atoms with Crippen LogP contribution in [-0.4, -0.2) is 45.0 Å². The third-order valence-electron chi connectivity index (χ3n) is 4.31. The zero-order valence-corrected chi connectivity index (χ0v) is 15.6. The van der Waals surface area contributed by atoms with Gasteiger partial charge in [-0.1, -0.05) is 12.1 Å². The number of carbonyl (C=O) groups excluding carboxylic acids is 1. The van der Waals surface area contributed by atoms with E-state index in [0.717, 1.165) is 5.56 Å². The highest BCUT2D eigenvalue weighted by Crippen LogP contribution is 2.19. The van der Waals surface area contributed by atoms with Gasteiger partial charge < -0.3 is 9.64 Å². The zero-order chi connectivity index (χ0) is 18.7. The molecule has 1 amide bonds. The Balaban J connectivity index is 1.74. The van der Waals surface area contributed by atoms with Crippen LogP contribution in [0.5, 0.6) is 0 Å². The Morgan fingerprint density at radius 3 is 2.58 bits per heavy atom. The predicted octanol–water partition coefficient (Wildman–Crippen LogP) is 2.66. The molecule has 138 valence electrons. The van der Waals surface area contributed by atoms with E-state index in [-0.39, 0.29) is 16.8 Å². The molecule has 1 unspecified atom stereocenters. The molecule has 0 saturated carbocycles. The summed E-state index contributed by atoms with van der Waals surface area (Å²) in [5, 5.41) is 0. The molecule has 0 aliphatic carbocycles. The molecule has 1 atom stereocenters. The Morgan fingerprint density at radius 1 is 1.19 bits per heavy atom. The fraction of sp³-hybridized carbons (Fsp3) is 0.316. The van der Waals surface area contributed by atoms with Crippen molar-refractivity contribution in [3.63, 3.8) is 0 Å². The van der Waals surface area contributed by atoms with Gasteiger partial charge in [0.1, 0.15) is 0 Å². The molecule has 7 heteroatoms. The molecule has 0 aromatic heterocycles. The van der Waals surface area contributed by atoms with Gasteiger partial charge in [0.25, 0.3) is 15.9 Å². The van der Waals surface area contributed by atoms with E-state index in [1.54, 1.807) is 47.4 Å². The minimum Gasteiger partial charge on any atom is -0.377 e. The first-order valence-corrected chi connectivity index (χ1v) is 9.93. The molecule has 2 aromatic carbocycles. The van der Waals surface area contributed by atoms with Crippen molar-refractivity contribution in [3.8, 4) is 0 Å². The van der Waals surface area contributed by atoms with Crippen LogP contribution in [-0.2, 0) is 14.8 Å². The van der Waals surface area contributed by atoms with E-state index < -0.39 is 10.0 Å². The molecule has 0 spiro atoms. The smallest absolute Gasteiger partial charge is 0.261 e. The standard InChI is InChI=1S/C19H22N2O4S/c1-14-4-3-5-18(12-14)26(23,24)20-17-8-6-16(7-9-17)19(22)21-10-11-25-13-15(21)2/h3-9,12,15,20H,10-11,13H2,1-2H3. The van der Waals surface area contributed by atoms with Crippen molar-refractivity contribution in [2.45, 2.75) is 24.8 Å². The lowest BCUT2D eigenvalue weighted by molar-refractivity contribution is 0.00359. The number of anilines is 1. The highest BCUT2D eigenvalue weighted by atomic mass is 32.2. The summed E-state index contributed by atoms with van der Waals surface area (Å²) in [6, 6.07) is 13.2. The van der Waals surface area contributed by atoms with E-state index in [9.17, 15) is 13.2 Å². The normalized spacial score (nSPS) is 17.8. The highest BCUT2D eigenvalue weighted by Gasteiger charge is 2.24. The summed E-state index contributed by atoms with van der Waals surface area (Å²) in [7, 11) is -3.66. The van der Waals surface area contributed by atoms with Crippen LogP contribution in [0.3, 0.4) is 0 Å². The molecule has 3 rings (SSSR count). The van der Waals surface area contributed by atoms with Gasteiger partial charge in [-0.05, 0) is 55.8 Å². The van der Waals surface area contributed by atoms with Crippen LogP contribution in [0.4, 0.5) is 5.69 Å². The molecular weight excluding hydrogens is 352 g/mol. The summed E-state index contributed by atoms with van der Waals surface area (Å²) in [5.41, 5.74) is 1.81. The molecule has 1 heterocycles. The topological polar surface area (TPSA) is 75.7 Å². The Hall–Kier alpha value is -2.38. The maximum absolute atomic E-state index is 12.6. The quantitative estimate of drug-likeness (QED) is 0.893. The number of hydrogen-bond acceptors (Lipinski definition) is 4. The number of nitrogens with zero attached hydrogens (tertiary/aromatic N) is 1. The van der Waals surface area contributed by atoms with Gasteiger partial charge in [0.15, 0.2) is 0 Å². The average Bonchev–Trinajstić information content (AvgIpc) is 2.62. The van der Waals surface area contributed by atoms with E-state index in [2.05, 4.69) is 4.72 Å². The van der Waals surface area contributed by atoms with E-state index in [4.69, 9.17) is 4.74 Å². The molecule has 1 aliphatic rings. The lowest BCUT2D eigenvalue weighted by Gasteiger charge is -2.33. The fourth-order valence-electron chi connectivity index (χ4n) is 2.87. The van der Waals surface area contributed by atoms with E-state index in [1.165, 1.54) is 0 Å². The average molecular weight is 374 g/mol. The van der Waals surface area contributed by atoms with Crippen LogP contribution in [0.2, 0.25) is 0 Å². The number of morpholine rings is 1. The fourth-order valence-corrected chi connectivity index (χ4v) is 4.04. The number of amides is 1. The van der Waals surface area contributed by atoms with Gasteiger partial charge in [-0.3, -0.25) is 9.52 Å². The van der Waals surface area contributed by atoms with Gasteiger partial charge >= 0.3 is 0 Å². The molecule has 26 heavy (non-hydrogen) atoms. The highest BCUT2D eigenvalue weighted by molar-refractivity contribution is 7.92. The first-order chi connectivity index (χ1) is 12.4. The maximum Gasteiger partial charge on any atom is 0.261 e. The summed E-state index contributed by atoms with van der Waals surface area (Å²) in [6.07, 6.45) is 0. The van der Waals surface area contributed by atoms with Crippen LogP contribution < -0.4 is 4.72 Å². The van der Waals surface area contributed by atoms with Gasteiger partial charge in [0.2, 0.25) is 0 Å². The number of sulfonamides is 1. The molecule has 6 nitrogen and oxygen atoms in total. The van der Waals surface area contributed by atoms with Gasteiger partial charge in [0, 0.05) is 17.8 Å². The SMILES string of the molecule is Cc1cccc(S(=O)(=O)Nc2ccc(C(=O)N3CCOCC3C)cc2)c1. The van der Waals surface area contributed by atoms with Crippen molar-refractivity contribution in [1.29, 1.82) is 0 Å². The zero-order valence-electron chi connectivity index (χ0n) is 14.8. The number of hydrogen-bond donors (Lipinski definition) is 1. The van der Waals surface area contributed by atoms with Gasteiger partial charge in [-0.25, -0.2) is 8.42 Å². The summed E-state index contributed by atoms with van der Waals surface area (Å²) < 4.78 is 32.8. The number of aryl methyl sites for hydroxylation is 1. The van der Waals surface area contributed by atoms with E-state index >= 15 is 0 Å². The molecule has 1 saturated heterocycles. The van der Waals surface area contributed by atoms with Crippen molar-refractivity contribution in [2.75, 3.05) is 24.5 Å².